The summed E-state index contributed by atoms with van der Waals surface area (Å²) in [6, 6.07) is 7.31. The van der Waals surface area contributed by atoms with Crippen LogP contribution >= 0.6 is 11.3 Å². The molecule has 1 aromatic carbocycles. The lowest BCUT2D eigenvalue weighted by Crippen LogP contribution is -2.05. The molecule has 0 saturated heterocycles. The van der Waals surface area contributed by atoms with E-state index in [1.165, 1.54) is 6.92 Å². The molecule has 21 heavy (non-hydrogen) atoms. The van der Waals surface area contributed by atoms with E-state index in [-0.39, 0.29) is 5.91 Å². The van der Waals surface area contributed by atoms with Gasteiger partial charge in [-0.2, -0.15) is 16.3 Å². The van der Waals surface area contributed by atoms with Crippen LogP contribution in [0.25, 0.3) is 22.8 Å². The predicted molar refractivity (Wildman–Crippen MR) is 82.1 cm³/mol. The van der Waals surface area contributed by atoms with Gasteiger partial charge in [0.1, 0.15) is 0 Å². The van der Waals surface area contributed by atoms with E-state index in [9.17, 15) is 4.79 Å². The van der Waals surface area contributed by atoms with E-state index in [1.807, 2.05) is 41.9 Å². The van der Waals surface area contributed by atoms with E-state index in [4.69, 9.17) is 4.52 Å². The van der Waals surface area contributed by atoms with Crippen molar-refractivity contribution in [3.63, 3.8) is 0 Å². The maximum absolute atomic E-state index is 11.0. The number of aromatic nitrogens is 2. The Labute approximate surface area is 125 Å². The third-order valence-corrected chi connectivity index (χ3v) is 3.84. The molecule has 0 radical (unpaired) electrons. The van der Waals surface area contributed by atoms with Crippen molar-refractivity contribution in [2.75, 3.05) is 5.32 Å². The van der Waals surface area contributed by atoms with Crippen LogP contribution in [-0.4, -0.2) is 16.0 Å². The number of rotatable bonds is 3. The second-order valence-electron chi connectivity index (χ2n) is 4.65. The summed E-state index contributed by atoms with van der Waals surface area (Å²) in [5, 5.41) is 10.8. The van der Waals surface area contributed by atoms with Gasteiger partial charge in [0.25, 0.3) is 5.89 Å². The summed E-state index contributed by atoms with van der Waals surface area (Å²) >= 11 is 1.61. The second-order valence-corrected chi connectivity index (χ2v) is 5.39. The number of carbonyl (C=O) groups excluding carboxylic acids is 1. The number of amides is 1. The van der Waals surface area contributed by atoms with E-state index >= 15 is 0 Å². The molecule has 0 unspecified atom stereocenters. The summed E-state index contributed by atoms with van der Waals surface area (Å²) in [6.07, 6.45) is 0. The Hall–Kier alpha value is -2.47. The van der Waals surface area contributed by atoms with E-state index in [0.29, 0.717) is 11.7 Å². The Morgan fingerprint density at radius 3 is 2.62 bits per heavy atom. The quantitative estimate of drug-likeness (QED) is 0.800. The number of hydrogen-bond acceptors (Lipinski definition) is 5. The molecule has 0 aliphatic rings. The number of anilines is 1. The van der Waals surface area contributed by atoms with Crippen LogP contribution in [0.5, 0.6) is 0 Å². The van der Waals surface area contributed by atoms with E-state index < -0.39 is 0 Å². The first-order chi connectivity index (χ1) is 10.1. The summed E-state index contributed by atoms with van der Waals surface area (Å²) in [5.74, 6) is 0.956. The fourth-order valence-electron chi connectivity index (χ4n) is 1.94. The predicted octanol–water partition coefficient (Wildman–Crippen LogP) is 3.73. The SMILES string of the molecule is CC(=O)Nc1ccc(-c2noc(-c3cscc3C)n2)cc1. The van der Waals surface area contributed by atoms with Crippen molar-refractivity contribution in [2.24, 2.45) is 0 Å². The van der Waals surface area contributed by atoms with Gasteiger partial charge in [0.05, 0.1) is 5.56 Å². The molecule has 0 saturated carbocycles. The van der Waals surface area contributed by atoms with Crippen LogP contribution in [0.3, 0.4) is 0 Å². The summed E-state index contributed by atoms with van der Waals surface area (Å²) in [7, 11) is 0. The molecule has 3 rings (SSSR count). The van der Waals surface area contributed by atoms with Crippen molar-refractivity contribution in [1.29, 1.82) is 0 Å². The van der Waals surface area contributed by atoms with Crippen molar-refractivity contribution >= 4 is 22.9 Å². The van der Waals surface area contributed by atoms with E-state index in [2.05, 4.69) is 15.5 Å². The van der Waals surface area contributed by atoms with Crippen LogP contribution < -0.4 is 5.32 Å². The Bertz CT molecular complexity index is 774. The normalized spacial score (nSPS) is 10.6. The Balaban J connectivity index is 1.86. The van der Waals surface area contributed by atoms with E-state index in [0.717, 1.165) is 22.4 Å². The molecule has 0 atom stereocenters. The third-order valence-electron chi connectivity index (χ3n) is 2.98. The van der Waals surface area contributed by atoms with Gasteiger partial charge in [0.2, 0.25) is 11.7 Å². The molecule has 6 heteroatoms. The fraction of sp³-hybridized carbons (Fsp3) is 0.133. The van der Waals surface area contributed by atoms with Crippen LogP contribution in [0.2, 0.25) is 0 Å². The molecule has 0 fully saturated rings. The molecule has 0 bridgehead atoms. The monoisotopic (exact) mass is 299 g/mol. The molecule has 0 aliphatic carbocycles. The topological polar surface area (TPSA) is 68.0 Å². The highest BCUT2D eigenvalue weighted by Crippen LogP contribution is 2.27. The standard InChI is InChI=1S/C15H13N3O2S/c1-9-7-21-8-13(9)15-17-14(18-20-15)11-3-5-12(6-4-11)16-10(2)19/h3-8H,1-2H3,(H,16,19). The van der Waals surface area contributed by atoms with Gasteiger partial charge >= 0.3 is 0 Å². The molecular formula is C15H13N3O2S. The van der Waals surface area contributed by atoms with Crippen LogP contribution in [0, 0.1) is 6.92 Å². The smallest absolute Gasteiger partial charge is 0.259 e. The highest BCUT2D eigenvalue weighted by atomic mass is 32.1. The lowest BCUT2D eigenvalue weighted by molar-refractivity contribution is -0.114. The van der Waals surface area contributed by atoms with Crippen LogP contribution in [0.1, 0.15) is 12.5 Å². The molecule has 2 aromatic heterocycles. The minimum absolute atomic E-state index is 0.0995. The fourth-order valence-corrected chi connectivity index (χ4v) is 2.76. The first kappa shape index (κ1) is 13.5. The second kappa shape index (κ2) is 5.49. The van der Waals surface area contributed by atoms with Crippen molar-refractivity contribution in [3.8, 4) is 22.8 Å². The van der Waals surface area contributed by atoms with Crippen LogP contribution in [0.15, 0.2) is 39.5 Å². The molecule has 3 aromatic rings. The minimum Gasteiger partial charge on any atom is -0.334 e. The van der Waals surface area contributed by atoms with Crippen molar-refractivity contribution in [3.05, 3.63) is 40.6 Å². The summed E-state index contributed by atoms with van der Waals surface area (Å²) in [4.78, 5) is 15.4. The van der Waals surface area contributed by atoms with E-state index in [1.54, 1.807) is 11.3 Å². The van der Waals surface area contributed by atoms with Crippen molar-refractivity contribution in [1.82, 2.24) is 10.1 Å². The van der Waals surface area contributed by atoms with Gasteiger partial charge < -0.3 is 9.84 Å². The number of benzene rings is 1. The van der Waals surface area contributed by atoms with Crippen LogP contribution in [0.4, 0.5) is 5.69 Å². The Morgan fingerprint density at radius 1 is 1.24 bits per heavy atom. The maximum atomic E-state index is 11.0. The first-order valence-electron chi connectivity index (χ1n) is 6.38. The molecule has 106 valence electrons. The third kappa shape index (κ3) is 2.85. The van der Waals surface area contributed by atoms with Crippen LogP contribution in [-0.2, 0) is 4.79 Å². The lowest BCUT2D eigenvalue weighted by Gasteiger charge is -2.01. The zero-order valence-corrected chi connectivity index (χ0v) is 12.4. The highest BCUT2D eigenvalue weighted by Gasteiger charge is 2.13. The zero-order chi connectivity index (χ0) is 14.8. The number of hydrogen-bond donors (Lipinski definition) is 1. The lowest BCUT2D eigenvalue weighted by atomic mass is 10.2. The van der Waals surface area contributed by atoms with Gasteiger partial charge in [-0.25, -0.2) is 0 Å². The maximum Gasteiger partial charge on any atom is 0.259 e. The molecule has 0 spiro atoms. The molecule has 1 amide bonds. The molecule has 2 heterocycles. The number of nitrogens with zero attached hydrogens (tertiary/aromatic N) is 2. The molecule has 1 N–H and O–H groups in total. The number of aryl methyl sites for hydroxylation is 1. The minimum atomic E-state index is -0.0995. The average molecular weight is 299 g/mol. The van der Waals surface area contributed by atoms with Gasteiger partial charge in [-0.15, -0.1) is 0 Å². The van der Waals surface area contributed by atoms with Gasteiger partial charge in [0.15, 0.2) is 0 Å². The van der Waals surface area contributed by atoms with Crippen molar-refractivity contribution in [2.45, 2.75) is 13.8 Å². The Kier molecular flexibility index (Phi) is 3.53. The summed E-state index contributed by atoms with van der Waals surface area (Å²) in [5.41, 5.74) is 3.67. The highest BCUT2D eigenvalue weighted by molar-refractivity contribution is 7.08. The van der Waals surface area contributed by atoms with Crippen molar-refractivity contribution < 1.29 is 9.32 Å². The average Bonchev–Trinajstić information content (AvgIpc) is 3.07. The molecule has 5 nitrogen and oxygen atoms in total. The largest absolute Gasteiger partial charge is 0.334 e. The first-order valence-corrected chi connectivity index (χ1v) is 7.32. The summed E-state index contributed by atoms with van der Waals surface area (Å²) in [6.45, 7) is 3.49. The number of thiophene rings is 1. The van der Waals surface area contributed by atoms with Gasteiger partial charge in [-0.05, 0) is 42.1 Å². The number of carbonyl (C=O) groups is 1. The Morgan fingerprint density at radius 2 is 2.00 bits per heavy atom. The summed E-state index contributed by atoms with van der Waals surface area (Å²) < 4.78 is 5.31. The zero-order valence-electron chi connectivity index (χ0n) is 11.6. The molecular weight excluding hydrogens is 286 g/mol. The van der Waals surface area contributed by atoms with Gasteiger partial charge in [-0.1, -0.05) is 5.16 Å². The van der Waals surface area contributed by atoms with Gasteiger partial charge in [-0.3, -0.25) is 4.79 Å². The molecule has 0 aliphatic heterocycles. The van der Waals surface area contributed by atoms with Gasteiger partial charge in [0, 0.05) is 23.6 Å². The number of nitrogens with one attached hydrogen (secondary N) is 1.